The molecule has 0 aliphatic rings. The van der Waals surface area contributed by atoms with Crippen molar-refractivity contribution in [3.8, 4) is 0 Å². The molecule has 1 N–H and O–H groups in total. The minimum absolute atomic E-state index is 0.0470. The van der Waals surface area contributed by atoms with Gasteiger partial charge in [0.15, 0.2) is 0 Å². The molecule has 0 atom stereocenters. The van der Waals surface area contributed by atoms with E-state index < -0.39 is 0 Å². The van der Waals surface area contributed by atoms with Gasteiger partial charge < -0.3 is 5.32 Å². The molecule has 2 aromatic carbocycles. The van der Waals surface area contributed by atoms with Crippen LogP contribution in [0.25, 0.3) is 0 Å². The standard InChI is InChI=1S/C17H18BrNO/c1-12-9-15(18)11-16(10-12)19-17(20)8-7-14-6-4-3-5-13(14)2/h3-6,9-11H,7-8H2,1-2H3,(H,19,20). The molecule has 0 saturated carbocycles. The Labute approximate surface area is 128 Å². The highest BCUT2D eigenvalue weighted by Gasteiger charge is 2.05. The summed E-state index contributed by atoms with van der Waals surface area (Å²) in [6.07, 6.45) is 1.27. The van der Waals surface area contributed by atoms with E-state index in [9.17, 15) is 4.79 Å². The van der Waals surface area contributed by atoms with Gasteiger partial charge in [0.05, 0.1) is 0 Å². The number of halogens is 1. The smallest absolute Gasteiger partial charge is 0.224 e. The van der Waals surface area contributed by atoms with Crippen LogP contribution in [0, 0.1) is 13.8 Å². The molecule has 2 nitrogen and oxygen atoms in total. The molecule has 20 heavy (non-hydrogen) atoms. The summed E-state index contributed by atoms with van der Waals surface area (Å²) < 4.78 is 0.978. The SMILES string of the molecule is Cc1cc(Br)cc(NC(=O)CCc2ccccc2C)c1. The van der Waals surface area contributed by atoms with Gasteiger partial charge in [0.1, 0.15) is 0 Å². The van der Waals surface area contributed by atoms with Gasteiger partial charge in [-0.15, -0.1) is 0 Å². The Morgan fingerprint density at radius 3 is 2.60 bits per heavy atom. The van der Waals surface area contributed by atoms with Crippen molar-refractivity contribution in [3.05, 3.63) is 63.6 Å². The molecule has 3 heteroatoms. The molecule has 2 aromatic rings. The molecule has 0 aliphatic carbocycles. The normalized spacial score (nSPS) is 10.3. The Hall–Kier alpha value is -1.61. The van der Waals surface area contributed by atoms with Crippen LogP contribution in [0.15, 0.2) is 46.9 Å². The Morgan fingerprint density at radius 2 is 1.90 bits per heavy atom. The number of amides is 1. The van der Waals surface area contributed by atoms with Crippen LogP contribution in [0.2, 0.25) is 0 Å². The number of aryl methyl sites for hydroxylation is 3. The summed E-state index contributed by atoms with van der Waals surface area (Å²) in [6, 6.07) is 14.1. The van der Waals surface area contributed by atoms with E-state index in [1.54, 1.807) is 0 Å². The number of hydrogen-bond donors (Lipinski definition) is 1. The molecule has 0 radical (unpaired) electrons. The van der Waals surface area contributed by atoms with E-state index in [0.717, 1.165) is 22.1 Å². The van der Waals surface area contributed by atoms with Crippen molar-refractivity contribution >= 4 is 27.5 Å². The molecule has 0 bridgehead atoms. The molecule has 0 aromatic heterocycles. The first-order valence-electron chi connectivity index (χ1n) is 6.66. The second-order valence-corrected chi connectivity index (χ2v) is 5.91. The highest BCUT2D eigenvalue weighted by atomic mass is 79.9. The highest BCUT2D eigenvalue weighted by molar-refractivity contribution is 9.10. The number of anilines is 1. The van der Waals surface area contributed by atoms with Gasteiger partial charge in [0.2, 0.25) is 5.91 Å². The Balaban J connectivity index is 1.94. The van der Waals surface area contributed by atoms with Crippen LogP contribution in [0.1, 0.15) is 23.1 Å². The van der Waals surface area contributed by atoms with Crippen LogP contribution < -0.4 is 5.32 Å². The maximum Gasteiger partial charge on any atom is 0.224 e. The monoisotopic (exact) mass is 331 g/mol. The summed E-state index contributed by atoms with van der Waals surface area (Å²) in [4.78, 5) is 12.0. The van der Waals surface area contributed by atoms with Crippen LogP contribution in [0.5, 0.6) is 0 Å². The van der Waals surface area contributed by atoms with Crippen molar-refractivity contribution < 1.29 is 4.79 Å². The third-order valence-electron chi connectivity index (χ3n) is 3.21. The lowest BCUT2D eigenvalue weighted by Gasteiger charge is -2.08. The van der Waals surface area contributed by atoms with Crippen LogP contribution >= 0.6 is 15.9 Å². The Bertz CT molecular complexity index is 602. The average molecular weight is 332 g/mol. The lowest BCUT2D eigenvalue weighted by molar-refractivity contribution is -0.116. The molecular weight excluding hydrogens is 314 g/mol. The maximum atomic E-state index is 12.0. The summed E-state index contributed by atoms with van der Waals surface area (Å²) in [7, 11) is 0. The minimum Gasteiger partial charge on any atom is -0.326 e. The van der Waals surface area contributed by atoms with E-state index >= 15 is 0 Å². The van der Waals surface area contributed by atoms with Crippen molar-refractivity contribution in [1.29, 1.82) is 0 Å². The number of rotatable bonds is 4. The minimum atomic E-state index is 0.0470. The summed E-state index contributed by atoms with van der Waals surface area (Å²) >= 11 is 3.44. The van der Waals surface area contributed by atoms with Gasteiger partial charge in [-0.25, -0.2) is 0 Å². The predicted molar refractivity (Wildman–Crippen MR) is 87.0 cm³/mol. The van der Waals surface area contributed by atoms with E-state index in [1.165, 1.54) is 11.1 Å². The van der Waals surface area contributed by atoms with Crippen molar-refractivity contribution in [3.63, 3.8) is 0 Å². The number of carbonyl (C=O) groups excluding carboxylic acids is 1. The van der Waals surface area contributed by atoms with Gasteiger partial charge in [0.25, 0.3) is 0 Å². The lowest BCUT2D eigenvalue weighted by Crippen LogP contribution is -2.12. The van der Waals surface area contributed by atoms with Crippen LogP contribution in [0.4, 0.5) is 5.69 Å². The first-order valence-corrected chi connectivity index (χ1v) is 7.45. The summed E-state index contributed by atoms with van der Waals surface area (Å²) in [5, 5.41) is 2.94. The van der Waals surface area contributed by atoms with Crippen molar-refractivity contribution in [1.82, 2.24) is 0 Å². The average Bonchev–Trinajstić information content (AvgIpc) is 2.36. The predicted octanol–water partition coefficient (Wildman–Crippen LogP) is 4.64. The van der Waals surface area contributed by atoms with Gasteiger partial charge in [-0.3, -0.25) is 4.79 Å². The third kappa shape index (κ3) is 4.20. The Morgan fingerprint density at radius 1 is 1.15 bits per heavy atom. The summed E-state index contributed by atoms with van der Waals surface area (Å²) in [5.74, 6) is 0.0470. The fraction of sp³-hybridized carbons (Fsp3) is 0.235. The number of hydrogen-bond acceptors (Lipinski definition) is 1. The van der Waals surface area contributed by atoms with E-state index in [2.05, 4.69) is 40.3 Å². The fourth-order valence-corrected chi connectivity index (χ4v) is 2.78. The topological polar surface area (TPSA) is 29.1 Å². The Kier molecular flexibility index (Phi) is 4.96. The van der Waals surface area contributed by atoms with Gasteiger partial charge in [-0.2, -0.15) is 0 Å². The van der Waals surface area contributed by atoms with E-state index in [0.29, 0.717) is 6.42 Å². The summed E-state index contributed by atoms with van der Waals surface area (Å²) in [6.45, 7) is 4.08. The van der Waals surface area contributed by atoms with Crippen LogP contribution in [0.3, 0.4) is 0 Å². The molecule has 0 fully saturated rings. The fourth-order valence-electron chi connectivity index (χ4n) is 2.17. The maximum absolute atomic E-state index is 12.0. The van der Waals surface area contributed by atoms with Crippen molar-refractivity contribution in [2.24, 2.45) is 0 Å². The van der Waals surface area contributed by atoms with Crippen molar-refractivity contribution in [2.75, 3.05) is 5.32 Å². The molecular formula is C17H18BrNO. The van der Waals surface area contributed by atoms with E-state index in [1.807, 2.05) is 37.3 Å². The first-order chi connectivity index (χ1) is 9.54. The zero-order chi connectivity index (χ0) is 14.5. The van der Waals surface area contributed by atoms with Gasteiger partial charge in [-0.1, -0.05) is 40.2 Å². The zero-order valence-corrected chi connectivity index (χ0v) is 13.3. The highest BCUT2D eigenvalue weighted by Crippen LogP contribution is 2.19. The number of benzene rings is 2. The third-order valence-corrected chi connectivity index (χ3v) is 3.67. The molecule has 0 unspecified atom stereocenters. The summed E-state index contributed by atoms with van der Waals surface area (Å²) in [5.41, 5.74) is 4.42. The molecule has 0 saturated heterocycles. The molecule has 104 valence electrons. The van der Waals surface area contributed by atoms with Crippen molar-refractivity contribution in [2.45, 2.75) is 26.7 Å². The van der Waals surface area contributed by atoms with E-state index in [4.69, 9.17) is 0 Å². The molecule has 2 rings (SSSR count). The second kappa shape index (κ2) is 6.71. The largest absolute Gasteiger partial charge is 0.326 e. The molecule has 1 amide bonds. The van der Waals surface area contributed by atoms with Gasteiger partial charge in [-0.05, 0) is 55.2 Å². The van der Waals surface area contributed by atoms with Gasteiger partial charge in [0, 0.05) is 16.6 Å². The lowest BCUT2D eigenvalue weighted by atomic mass is 10.0. The number of carbonyl (C=O) groups is 1. The molecule has 0 spiro atoms. The zero-order valence-electron chi connectivity index (χ0n) is 11.7. The second-order valence-electron chi connectivity index (χ2n) is 4.99. The van der Waals surface area contributed by atoms with Crippen LogP contribution in [-0.4, -0.2) is 5.91 Å². The van der Waals surface area contributed by atoms with Crippen LogP contribution in [-0.2, 0) is 11.2 Å². The van der Waals surface area contributed by atoms with Gasteiger partial charge >= 0.3 is 0 Å². The molecule has 0 aliphatic heterocycles. The number of nitrogens with one attached hydrogen (secondary N) is 1. The van der Waals surface area contributed by atoms with E-state index in [-0.39, 0.29) is 5.91 Å². The first kappa shape index (κ1) is 14.8. The molecule has 0 heterocycles. The quantitative estimate of drug-likeness (QED) is 0.868.